The number of nitrogens with one attached hydrogen (secondary N) is 1. The summed E-state index contributed by atoms with van der Waals surface area (Å²) in [6, 6.07) is 8.66. The molecular weight excluding hydrogens is 350 g/mol. The van der Waals surface area contributed by atoms with E-state index in [9.17, 15) is 14.4 Å². The lowest BCUT2D eigenvalue weighted by molar-refractivity contribution is -0.136. The van der Waals surface area contributed by atoms with E-state index in [0.29, 0.717) is 35.7 Å². The van der Waals surface area contributed by atoms with E-state index in [2.05, 4.69) is 20.3 Å². The second-order valence-electron chi connectivity index (χ2n) is 5.61. The Morgan fingerprint density at radius 2 is 1.96 bits per heavy atom. The maximum Gasteiger partial charge on any atom is 0.256 e. The summed E-state index contributed by atoms with van der Waals surface area (Å²) in [7, 11) is 0. The minimum atomic E-state index is -1.07. The summed E-state index contributed by atoms with van der Waals surface area (Å²) in [4.78, 5) is 47.2. The van der Waals surface area contributed by atoms with Crippen molar-refractivity contribution in [3.8, 4) is 0 Å². The molecule has 0 radical (unpaired) electrons. The lowest BCUT2D eigenvalue weighted by Crippen LogP contribution is -2.22. The Morgan fingerprint density at radius 1 is 1.19 bits per heavy atom. The minimum absolute atomic E-state index is 0.208. The van der Waals surface area contributed by atoms with Gasteiger partial charge in [-0.3, -0.25) is 14.2 Å². The Morgan fingerprint density at radius 3 is 2.63 bits per heavy atom. The summed E-state index contributed by atoms with van der Waals surface area (Å²) < 4.78 is 6.86. The number of aromatic nitrogens is 4. The zero-order valence-corrected chi connectivity index (χ0v) is 14.5. The number of hydrogen-bond donors (Lipinski definition) is 1. The van der Waals surface area contributed by atoms with Crippen LogP contribution in [0.25, 0.3) is 11.2 Å². The number of fused-ring (bicyclic) bond motifs is 1. The smallest absolute Gasteiger partial charge is 0.256 e. The van der Waals surface area contributed by atoms with E-state index in [1.54, 1.807) is 31.2 Å². The first kappa shape index (κ1) is 18.3. The highest BCUT2D eigenvalue weighted by Crippen LogP contribution is 2.22. The van der Waals surface area contributed by atoms with Crippen molar-refractivity contribution in [1.29, 1.82) is 0 Å². The molecule has 0 saturated carbocycles. The molecule has 2 atom stereocenters. The molecule has 0 saturated heterocycles. The van der Waals surface area contributed by atoms with Crippen LogP contribution in [0.15, 0.2) is 43.0 Å². The SMILES string of the molecule is CC[C@H](C=O)O[C@H](C=O)n1cnc2c(NC(=O)c3ccccc3)ncnc21. The molecule has 1 aromatic carbocycles. The largest absolute Gasteiger partial charge is 0.340 e. The average molecular weight is 367 g/mol. The number of carbonyl (C=O) groups excluding carboxylic acids is 3. The first-order chi connectivity index (χ1) is 13.2. The van der Waals surface area contributed by atoms with Crippen molar-refractivity contribution in [3.05, 3.63) is 48.5 Å². The van der Waals surface area contributed by atoms with Crippen molar-refractivity contribution in [3.63, 3.8) is 0 Å². The van der Waals surface area contributed by atoms with Gasteiger partial charge in [0.05, 0.1) is 6.33 Å². The van der Waals surface area contributed by atoms with Crippen LogP contribution in [-0.4, -0.2) is 44.1 Å². The third-order valence-electron chi connectivity index (χ3n) is 3.89. The second-order valence-corrected chi connectivity index (χ2v) is 5.61. The predicted octanol–water partition coefficient (Wildman–Crippen LogP) is 1.77. The number of carbonyl (C=O) groups is 3. The topological polar surface area (TPSA) is 116 Å². The predicted molar refractivity (Wildman–Crippen MR) is 96.0 cm³/mol. The zero-order chi connectivity index (χ0) is 19.2. The van der Waals surface area contributed by atoms with Crippen LogP contribution in [-0.2, 0) is 14.3 Å². The molecule has 9 nitrogen and oxygen atoms in total. The molecule has 9 heteroatoms. The van der Waals surface area contributed by atoms with Gasteiger partial charge in [-0.15, -0.1) is 0 Å². The summed E-state index contributed by atoms with van der Waals surface area (Å²) in [5.41, 5.74) is 1.07. The summed E-state index contributed by atoms with van der Waals surface area (Å²) in [6.07, 6.45) is 2.42. The van der Waals surface area contributed by atoms with Gasteiger partial charge in [-0.25, -0.2) is 15.0 Å². The third kappa shape index (κ3) is 3.87. The Labute approximate surface area is 154 Å². The molecule has 3 rings (SSSR count). The summed E-state index contributed by atoms with van der Waals surface area (Å²) in [5, 5.41) is 2.68. The first-order valence-corrected chi connectivity index (χ1v) is 8.28. The molecule has 3 aromatic rings. The molecule has 2 aromatic heterocycles. The highest BCUT2D eigenvalue weighted by atomic mass is 16.5. The number of amides is 1. The Balaban J connectivity index is 1.91. The van der Waals surface area contributed by atoms with Crippen molar-refractivity contribution in [2.24, 2.45) is 0 Å². The highest BCUT2D eigenvalue weighted by molar-refractivity contribution is 6.06. The molecule has 0 fully saturated rings. The summed E-state index contributed by atoms with van der Waals surface area (Å²) >= 11 is 0. The van der Waals surface area contributed by atoms with Crippen LogP contribution in [0.4, 0.5) is 5.82 Å². The fourth-order valence-corrected chi connectivity index (χ4v) is 2.47. The molecule has 0 aliphatic rings. The van der Waals surface area contributed by atoms with E-state index in [0.717, 1.165) is 0 Å². The number of aldehydes is 2. The Hall–Kier alpha value is -3.46. The van der Waals surface area contributed by atoms with Gasteiger partial charge in [-0.05, 0) is 18.6 Å². The molecule has 0 aliphatic heterocycles. The van der Waals surface area contributed by atoms with E-state index in [-0.39, 0.29) is 11.7 Å². The average Bonchev–Trinajstić information content (AvgIpc) is 3.15. The number of ether oxygens (including phenoxy) is 1. The lowest BCUT2D eigenvalue weighted by Gasteiger charge is -2.17. The lowest BCUT2D eigenvalue weighted by atomic mass is 10.2. The molecule has 0 aliphatic carbocycles. The van der Waals surface area contributed by atoms with Gasteiger partial charge < -0.3 is 14.8 Å². The van der Waals surface area contributed by atoms with Gasteiger partial charge in [0.25, 0.3) is 5.91 Å². The van der Waals surface area contributed by atoms with Crippen LogP contribution >= 0.6 is 0 Å². The van der Waals surface area contributed by atoms with Crippen molar-refractivity contribution in [1.82, 2.24) is 19.5 Å². The fourth-order valence-electron chi connectivity index (χ4n) is 2.47. The van der Waals surface area contributed by atoms with E-state index < -0.39 is 12.3 Å². The molecule has 0 bridgehead atoms. The number of benzene rings is 1. The first-order valence-electron chi connectivity index (χ1n) is 8.28. The third-order valence-corrected chi connectivity index (χ3v) is 3.89. The normalized spacial score (nSPS) is 13.1. The van der Waals surface area contributed by atoms with Gasteiger partial charge in [0, 0.05) is 5.56 Å². The van der Waals surface area contributed by atoms with Gasteiger partial charge in [-0.2, -0.15) is 0 Å². The van der Waals surface area contributed by atoms with Crippen LogP contribution < -0.4 is 5.32 Å². The number of anilines is 1. The maximum atomic E-state index is 12.4. The standard InChI is InChI=1S/C18H17N5O4/c1-2-13(8-24)27-14(9-25)23-11-21-15-16(19-10-20-17(15)23)22-18(26)12-6-4-3-5-7-12/h3-11,13-14H,2H2,1H3,(H,19,20,22,26)/t13-,14-/m1/s1. The van der Waals surface area contributed by atoms with E-state index >= 15 is 0 Å². The molecule has 0 spiro atoms. The van der Waals surface area contributed by atoms with Crippen molar-refractivity contribution >= 4 is 35.5 Å². The summed E-state index contributed by atoms with van der Waals surface area (Å²) in [6.45, 7) is 1.77. The quantitative estimate of drug-likeness (QED) is 0.603. The number of nitrogens with zero attached hydrogens (tertiary/aromatic N) is 4. The monoisotopic (exact) mass is 367 g/mol. The van der Waals surface area contributed by atoms with E-state index in [4.69, 9.17) is 4.74 Å². The molecule has 2 heterocycles. The second kappa shape index (κ2) is 8.28. The number of hydrogen-bond acceptors (Lipinski definition) is 7. The van der Waals surface area contributed by atoms with Crippen LogP contribution in [0.1, 0.15) is 29.9 Å². The van der Waals surface area contributed by atoms with Crippen LogP contribution in [0, 0.1) is 0 Å². The van der Waals surface area contributed by atoms with Crippen LogP contribution in [0.5, 0.6) is 0 Å². The molecule has 0 unspecified atom stereocenters. The number of imidazole rings is 1. The maximum absolute atomic E-state index is 12.4. The fraction of sp³-hybridized carbons (Fsp3) is 0.222. The molecule has 1 amide bonds. The van der Waals surface area contributed by atoms with Crippen molar-refractivity contribution in [2.75, 3.05) is 5.32 Å². The molecular formula is C18H17N5O4. The van der Waals surface area contributed by atoms with Gasteiger partial charge in [0.2, 0.25) is 0 Å². The molecule has 138 valence electrons. The van der Waals surface area contributed by atoms with Crippen molar-refractivity contribution in [2.45, 2.75) is 25.7 Å². The van der Waals surface area contributed by atoms with E-state index in [1.165, 1.54) is 17.2 Å². The van der Waals surface area contributed by atoms with Crippen LogP contribution in [0.3, 0.4) is 0 Å². The minimum Gasteiger partial charge on any atom is -0.340 e. The Bertz CT molecular complexity index is 957. The van der Waals surface area contributed by atoms with Gasteiger partial charge in [-0.1, -0.05) is 25.1 Å². The molecule has 1 N–H and O–H groups in total. The zero-order valence-electron chi connectivity index (χ0n) is 14.5. The highest BCUT2D eigenvalue weighted by Gasteiger charge is 2.21. The van der Waals surface area contributed by atoms with Crippen LogP contribution in [0.2, 0.25) is 0 Å². The van der Waals surface area contributed by atoms with E-state index in [1.807, 2.05) is 6.07 Å². The molecule has 27 heavy (non-hydrogen) atoms. The Kier molecular flexibility index (Phi) is 5.62. The van der Waals surface area contributed by atoms with Gasteiger partial charge in [0.1, 0.15) is 18.7 Å². The summed E-state index contributed by atoms with van der Waals surface area (Å²) in [5.74, 6) is -0.139. The van der Waals surface area contributed by atoms with Crippen molar-refractivity contribution < 1.29 is 19.1 Å². The van der Waals surface area contributed by atoms with Gasteiger partial charge in [0.15, 0.2) is 29.5 Å². The number of rotatable bonds is 8. The van der Waals surface area contributed by atoms with Gasteiger partial charge >= 0.3 is 0 Å².